The number of carbonyl (C=O) groups is 1. The maximum atomic E-state index is 12.5. The van der Waals surface area contributed by atoms with Crippen LogP contribution in [-0.2, 0) is 23.2 Å². The lowest BCUT2D eigenvalue weighted by Gasteiger charge is -2.34. The van der Waals surface area contributed by atoms with E-state index >= 15 is 0 Å². The highest BCUT2D eigenvalue weighted by atomic mass is 32.1. The molecule has 8 heteroatoms. The van der Waals surface area contributed by atoms with Crippen molar-refractivity contribution in [2.45, 2.75) is 52.5 Å². The van der Waals surface area contributed by atoms with Crippen molar-refractivity contribution >= 4 is 17.2 Å². The SMILES string of the molecule is Cc1nc(CN2CCN(C(=O)CCc3nc(C(C)(C)C)no3)CC2)cs1. The van der Waals surface area contributed by atoms with Gasteiger partial charge in [0.2, 0.25) is 11.8 Å². The molecule has 0 spiro atoms. The number of piperazine rings is 1. The predicted octanol–water partition coefficient (Wildman–Crippen LogP) is 2.41. The Bertz CT molecular complexity index is 741. The summed E-state index contributed by atoms with van der Waals surface area (Å²) < 4.78 is 5.27. The summed E-state index contributed by atoms with van der Waals surface area (Å²) in [4.78, 5) is 25.6. The number of thiazole rings is 1. The number of hydrogen-bond acceptors (Lipinski definition) is 7. The van der Waals surface area contributed by atoms with E-state index < -0.39 is 0 Å². The molecule has 2 aromatic rings. The molecule has 1 amide bonds. The van der Waals surface area contributed by atoms with Gasteiger partial charge in [0, 0.05) is 56.4 Å². The minimum absolute atomic E-state index is 0.141. The van der Waals surface area contributed by atoms with E-state index in [9.17, 15) is 4.79 Å². The zero-order valence-corrected chi connectivity index (χ0v) is 16.8. The van der Waals surface area contributed by atoms with Crippen molar-refractivity contribution in [3.05, 3.63) is 27.8 Å². The van der Waals surface area contributed by atoms with E-state index in [1.165, 1.54) is 0 Å². The molecule has 0 atom stereocenters. The van der Waals surface area contributed by atoms with Gasteiger partial charge in [0.05, 0.1) is 10.7 Å². The van der Waals surface area contributed by atoms with E-state index in [4.69, 9.17) is 4.52 Å². The van der Waals surface area contributed by atoms with E-state index in [0.717, 1.165) is 43.4 Å². The average Bonchev–Trinajstić information content (AvgIpc) is 3.22. The van der Waals surface area contributed by atoms with Crippen LogP contribution in [0.4, 0.5) is 0 Å². The van der Waals surface area contributed by atoms with E-state index in [1.54, 1.807) is 11.3 Å². The van der Waals surface area contributed by atoms with Gasteiger partial charge >= 0.3 is 0 Å². The number of rotatable bonds is 5. The number of carbonyl (C=O) groups excluding carboxylic acids is 1. The molecule has 0 saturated carbocycles. The van der Waals surface area contributed by atoms with Gasteiger partial charge < -0.3 is 9.42 Å². The topological polar surface area (TPSA) is 75.4 Å². The number of amides is 1. The lowest BCUT2D eigenvalue weighted by atomic mass is 9.96. The van der Waals surface area contributed by atoms with E-state index in [1.807, 2.05) is 32.6 Å². The highest BCUT2D eigenvalue weighted by Gasteiger charge is 2.24. The molecule has 0 aliphatic carbocycles. The molecule has 0 radical (unpaired) electrons. The first-order chi connectivity index (χ1) is 12.3. The molecule has 26 heavy (non-hydrogen) atoms. The molecule has 1 fully saturated rings. The largest absolute Gasteiger partial charge is 0.340 e. The van der Waals surface area contributed by atoms with Gasteiger partial charge in [0.15, 0.2) is 5.82 Å². The fourth-order valence-corrected chi connectivity index (χ4v) is 3.50. The molecule has 142 valence electrons. The van der Waals surface area contributed by atoms with Crippen LogP contribution >= 0.6 is 11.3 Å². The average molecular weight is 378 g/mol. The van der Waals surface area contributed by atoms with Gasteiger partial charge in [0.25, 0.3) is 0 Å². The van der Waals surface area contributed by atoms with Crippen molar-refractivity contribution in [2.24, 2.45) is 0 Å². The van der Waals surface area contributed by atoms with Crippen LogP contribution in [0.3, 0.4) is 0 Å². The van der Waals surface area contributed by atoms with Gasteiger partial charge in [-0.05, 0) is 6.92 Å². The maximum Gasteiger partial charge on any atom is 0.227 e. The summed E-state index contributed by atoms with van der Waals surface area (Å²) in [6.45, 7) is 12.3. The first-order valence-corrected chi connectivity index (χ1v) is 9.93. The van der Waals surface area contributed by atoms with E-state index in [0.29, 0.717) is 24.6 Å². The third-order valence-corrected chi connectivity index (χ3v) is 5.29. The van der Waals surface area contributed by atoms with Crippen LogP contribution in [0.5, 0.6) is 0 Å². The molecular formula is C18H27N5O2S. The maximum absolute atomic E-state index is 12.5. The molecule has 1 aliphatic rings. The Morgan fingerprint density at radius 3 is 2.54 bits per heavy atom. The van der Waals surface area contributed by atoms with Crippen molar-refractivity contribution in [1.29, 1.82) is 0 Å². The van der Waals surface area contributed by atoms with Gasteiger partial charge in [-0.1, -0.05) is 25.9 Å². The van der Waals surface area contributed by atoms with Crippen LogP contribution in [-0.4, -0.2) is 57.0 Å². The summed E-state index contributed by atoms with van der Waals surface area (Å²) in [5.74, 6) is 1.39. The van der Waals surface area contributed by atoms with Crippen LogP contribution in [0.25, 0.3) is 0 Å². The second-order valence-corrected chi connectivity index (χ2v) is 8.84. The van der Waals surface area contributed by atoms with Crippen molar-refractivity contribution in [2.75, 3.05) is 26.2 Å². The monoisotopic (exact) mass is 377 g/mol. The molecule has 3 heterocycles. The van der Waals surface area contributed by atoms with Gasteiger partial charge in [0.1, 0.15) is 0 Å². The van der Waals surface area contributed by atoms with Crippen molar-refractivity contribution < 1.29 is 9.32 Å². The Labute approximate surface area is 158 Å². The van der Waals surface area contributed by atoms with Crippen molar-refractivity contribution in [1.82, 2.24) is 24.9 Å². The molecule has 1 aliphatic heterocycles. The summed E-state index contributed by atoms with van der Waals surface area (Å²) in [7, 11) is 0. The number of aromatic nitrogens is 3. The zero-order chi connectivity index (χ0) is 18.7. The predicted molar refractivity (Wildman–Crippen MR) is 100 cm³/mol. The van der Waals surface area contributed by atoms with Crippen LogP contribution in [0.15, 0.2) is 9.90 Å². The molecule has 1 saturated heterocycles. The lowest BCUT2D eigenvalue weighted by molar-refractivity contribution is -0.133. The van der Waals surface area contributed by atoms with E-state index in [2.05, 4.69) is 25.4 Å². The molecule has 2 aromatic heterocycles. The Kier molecular flexibility index (Phi) is 5.72. The molecular weight excluding hydrogens is 350 g/mol. The Hall–Kier alpha value is -1.80. The Morgan fingerprint density at radius 2 is 1.96 bits per heavy atom. The molecule has 3 rings (SSSR count). The van der Waals surface area contributed by atoms with Crippen LogP contribution in [0, 0.1) is 6.92 Å². The van der Waals surface area contributed by atoms with Gasteiger partial charge in [-0.15, -0.1) is 11.3 Å². The fourth-order valence-electron chi connectivity index (χ4n) is 2.90. The third-order valence-electron chi connectivity index (χ3n) is 4.47. The summed E-state index contributed by atoms with van der Waals surface area (Å²) in [6.07, 6.45) is 0.914. The minimum Gasteiger partial charge on any atom is -0.340 e. The lowest BCUT2D eigenvalue weighted by Crippen LogP contribution is -2.48. The minimum atomic E-state index is -0.141. The van der Waals surface area contributed by atoms with Crippen LogP contribution in [0.2, 0.25) is 0 Å². The van der Waals surface area contributed by atoms with Gasteiger partial charge in [-0.3, -0.25) is 9.69 Å². The zero-order valence-electron chi connectivity index (χ0n) is 16.0. The summed E-state index contributed by atoms with van der Waals surface area (Å²) >= 11 is 1.68. The summed E-state index contributed by atoms with van der Waals surface area (Å²) in [6, 6.07) is 0. The normalized spacial score (nSPS) is 16.2. The summed E-state index contributed by atoms with van der Waals surface area (Å²) in [5.41, 5.74) is 0.983. The molecule has 0 N–H and O–H groups in total. The molecule has 0 unspecified atom stereocenters. The Balaban J connectivity index is 1.43. The number of nitrogens with zero attached hydrogens (tertiary/aromatic N) is 5. The van der Waals surface area contributed by atoms with Crippen LogP contribution < -0.4 is 0 Å². The van der Waals surface area contributed by atoms with Crippen LogP contribution in [0.1, 0.15) is 49.6 Å². The van der Waals surface area contributed by atoms with Gasteiger partial charge in [-0.25, -0.2) is 4.98 Å². The summed E-state index contributed by atoms with van der Waals surface area (Å²) in [5, 5.41) is 7.22. The highest BCUT2D eigenvalue weighted by Crippen LogP contribution is 2.19. The smallest absolute Gasteiger partial charge is 0.227 e. The standard InChI is InChI=1S/C18H27N5O2S/c1-13-19-14(12-26-13)11-22-7-9-23(10-8-22)16(24)6-5-15-20-17(21-25-15)18(2,3)4/h12H,5-11H2,1-4H3. The first-order valence-electron chi connectivity index (χ1n) is 9.05. The van der Waals surface area contributed by atoms with E-state index in [-0.39, 0.29) is 11.3 Å². The quantitative estimate of drug-likeness (QED) is 0.796. The Morgan fingerprint density at radius 1 is 1.23 bits per heavy atom. The third kappa shape index (κ3) is 4.88. The molecule has 0 bridgehead atoms. The first kappa shape index (κ1) is 19.0. The second-order valence-electron chi connectivity index (χ2n) is 7.78. The van der Waals surface area contributed by atoms with Crippen molar-refractivity contribution in [3.63, 3.8) is 0 Å². The van der Waals surface area contributed by atoms with Gasteiger partial charge in [-0.2, -0.15) is 4.98 Å². The molecule has 7 nitrogen and oxygen atoms in total. The number of hydrogen-bond donors (Lipinski definition) is 0. The highest BCUT2D eigenvalue weighted by molar-refractivity contribution is 7.09. The number of aryl methyl sites for hydroxylation is 2. The fraction of sp³-hybridized carbons (Fsp3) is 0.667. The van der Waals surface area contributed by atoms with Crippen molar-refractivity contribution in [3.8, 4) is 0 Å². The second kappa shape index (κ2) is 7.84. The molecule has 0 aromatic carbocycles.